The van der Waals surface area contributed by atoms with Crippen LogP contribution in [0.2, 0.25) is 0 Å². The first-order valence-corrected chi connectivity index (χ1v) is 8.99. The summed E-state index contributed by atoms with van der Waals surface area (Å²) < 4.78 is 25.9. The largest absolute Gasteiger partial charge is 0.369 e. The third-order valence-electron chi connectivity index (χ3n) is 3.78. The summed E-state index contributed by atoms with van der Waals surface area (Å²) in [6, 6.07) is 1.92. The van der Waals surface area contributed by atoms with Crippen LogP contribution in [-0.2, 0) is 10.0 Å². The molecule has 1 saturated carbocycles. The van der Waals surface area contributed by atoms with Crippen molar-refractivity contribution in [2.24, 2.45) is 0 Å². The highest BCUT2D eigenvalue weighted by molar-refractivity contribution is 7.90. The van der Waals surface area contributed by atoms with E-state index in [0.717, 1.165) is 37.6 Å². The number of rotatable bonds is 7. The van der Waals surface area contributed by atoms with Crippen molar-refractivity contribution in [3.05, 3.63) is 12.4 Å². The van der Waals surface area contributed by atoms with Crippen molar-refractivity contribution in [2.45, 2.75) is 30.9 Å². The molecule has 7 nitrogen and oxygen atoms in total. The first-order valence-electron chi connectivity index (χ1n) is 7.44. The Hall–Kier alpha value is -1.41. The molecule has 116 valence electrons. The average Bonchev–Trinajstić information content (AvgIpc) is 3.21. The van der Waals surface area contributed by atoms with Crippen LogP contribution < -0.4 is 14.9 Å². The highest BCUT2D eigenvalue weighted by Crippen LogP contribution is 2.27. The first-order chi connectivity index (χ1) is 10.1. The molecule has 2 aliphatic rings. The van der Waals surface area contributed by atoms with Crippen molar-refractivity contribution >= 4 is 21.7 Å². The molecule has 0 amide bonds. The van der Waals surface area contributed by atoms with Gasteiger partial charge in [-0.1, -0.05) is 0 Å². The summed E-state index contributed by atoms with van der Waals surface area (Å²) in [5.74, 6) is 1.67. The molecule has 0 radical (unpaired) electrons. The summed E-state index contributed by atoms with van der Waals surface area (Å²) in [5, 5.41) is 2.97. The van der Waals surface area contributed by atoms with Crippen molar-refractivity contribution in [2.75, 3.05) is 36.4 Å². The molecule has 21 heavy (non-hydrogen) atoms. The fourth-order valence-corrected chi connectivity index (χ4v) is 3.82. The standard InChI is InChI=1S/C13H21N5O2S/c19-21(20,11-3-4-11)17-6-5-14-12-9-13(16-10-15-12)18-7-1-2-8-18/h9-11,17H,1-8H2,(H,14,15,16). The van der Waals surface area contributed by atoms with E-state index in [9.17, 15) is 8.42 Å². The van der Waals surface area contributed by atoms with Crippen LogP contribution in [0.4, 0.5) is 11.6 Å². The zero-order valence-electron chi connectivity index (χ0n) is 12.0. The summed E-state index contributed by atoms with van der Waals surface area (Å²) in [5.41, 5.74) is 0. The number of nitrogens with zero attached hydrogens (tertiary/aromatic N) is 3. The maximum Gasteiger partial charge on any atom is 0.214 e. The zero-order valence-corrected chi connectivity index (χ0v) is 12.8. The van der Waals surface area contributed by atoms with Gasteiger partial charge in [-0.05, 0) is 25.7 Å². The molecule has 0 atom stereocenters. The van der Waals surface area contributed by atoms with E-state index in [4.69, 9.17) is 0 Å². The average molecular weight is 311 g/mol. The number of sulfonamides is 1. The van der Waals surface area contributed by atoms with Gasteiger partial charge in [0.2, 0.25) is 10.0 Å². The van der Waals surface area contributed by atoms with Crippen molar-refractivity contribution in [1.29, 1.82) is 0 Å². The first kappa shape index (κ1) is 14.5. The lowest BCUT2D eigenvalue weighted by Crippen LogP contribution is -2.31. The third kappa shape index (κ3) is 3.82. The molecule has 1 saturated heterocycles. The van der Waals surface area contributed by atoms with Crippen LogP contribution >= 0.6 is 0 Å². The highest BCUT2D eigenvalue weighted by Gasteiger charge is 2.35. The molecule has 0 unspecified atom stereocenters. The second-order valence-electron chi connectivity index (χ2n) is 5.52. The molecule has 1 aliphatic heterocycles. The predicted molar refractivity (Wildman–Crippen MR) is 81.9 cm³/mol. The lowest BCUT2D eigenvalue weighted by Gasteiger charge is -2.16. The summed E-state index contributed by atoms with van der Waals surface area (Å²) >= 11 is 0. The van der Waals surface area contributed by atoms with Gasteiger partial charge in [-0.2, -0.15) is 0 Å². The van der Waals surface area contributed by atoms with E-state index in [1.807, 2.05) is 6.07 Å². The maximum atomic E-state index is 11.7. The Bertz CT molecular complexity index is 582. The monoisotopic (exact) mass is 311 g/mol. The minimum Gasteiger partial charge on any atom is -0.369 e. The van der Waals surface area contributed by atoms with Gasteiger partial charge in [0.05, 0.1) is 5.25 Å². The molecule has 2 N–H and O–H groups in total. The van der Waals surface area contributed by atoms with Gasteiger partial charge < -0.3 is 10.2 Å². The Balaban J connectivity index is 1.47. The summed E-state index contributed by atoms with van der Waals surface area (Å²) in [7, 11) is -3.09. The lowest BCUT2D eigenvalue weighted by molar-refractivity contribution is 0.581. The van der Waals surface area contributed by atoms with Gasteiger partial charge in [-0.15, -0.1) is 0 Å². The molecule has 1 aromatic rings. The van der Waals surface area contributed by atoms with Gasteiger partial charge in [0.15, 0.2) is 0 Å². The summed E-state index contributed by atoms with van der Waals surface area (Å²) in [6.45, 7) is 2.97. The van der Waals surface area contributed by atoms with Gasteiger partial charge in [-0.25, -0.2) is 23.1 Å². The quantitative estimate of drug-likeness (QED) is 0.716. The summed E-state index contributed by atoms with van der Waals surface area (Å²) in [4.78, 5) is 10.7. The SMILES string of the molecule is O=S(=O)(NCCNc1cc(N2CCCC2)ncn1)C1CC1. The molecular formula is C13H21N5O2S. The molecule has 2 heterocycles. The summed E-state index contributed by atoms with van der Waals surface area (Å²) in [6.07, 6.45) is 5.53. The van der Waals surface area contributed by atoms with Crippen LogP contribution in [0.3, 0.4) is 0 Å². The van der Waals surface area contributed by atoms with Gasteiger partial charge in [0.1, 0.15) is 18.0 Å². The van der Waals surface area contributed by atoms with Crippen molar-refractivity contribution < 1.29 is 8.42 Å². The normalized spacial score (nSPS) is 19.0. The molecule has 8 heteroatoms. The minimum absolute atomic E-state index is 0.168. The maximum absolute atomic E-state index is 11.7. The Labute approximate surface area is 125 Å². The zero-order chi connectivity index (χ0) is 14.7. The topological polar surface area (TPSA) is 87.2 Å². The van der Waals surface area contributed by atoms with Gasteiger partial charge in [0, 0.05) is 32.2 Å². The molecule has 0 aromatic carbocycles. The number of aromatic nitrogens is 2. The lowest BCUT2D eigenvalue weighted by atomic mass is 10.4. The van der Waals surface area contributed by atoms with E-state index in [-0.39, 0.29) is 5.25 Å². The van der Waals surface area contributed by atoms with Crippen LogP contribution in [0, 0.1) is 0 Å². The van der Waals surface area contributed by atoms with E-state index in [0.29, 0.717) is 13.1 Å². The van der Waals surface area contributed by atoms with E-state index < -0.39 is 10.0 Å². The number of hydrogen-bond acceptors (Lipinski definition) is 6. The van der Waals surface area contributed by atoms with Crippen LogP contribution in [0.5, 0.6) is 0 Å². The Morgan fingerprint density at radius 1 is 1.19 bits per heavy atom. The van der Waals surface area contributed by atoms with Crippen LogP contribution in [-0.4, -0.2) is 49.8 Å². The second-order valence-corrected chi connectivity index (χ2v) is 7.57. The van der Waals surface area contributed by atoms with Gasteiger partial charge >= 0.3 is 0 Å². The van der Waals surface area contributed by atoms with Crippen LogP contribution in [0.1, 0.15) is 25.7 Å². The smallest absolute Gasteiger partial charge is 0.214 e. The molecule has 0 spiro atoms. The van der Waals surface area contributed by atoms with E-state index in [2.05, 4.69) is 24.9 Å². The van der Waals surface area contributed by atoms with Crippen LogP contribution in [0.25, 0.3) is 0 Å². The number of nitrogens with one attached hydrogen (secondary N) is 2. The Morgan fingerprint density at radius 2 is 1.95 bits per heavy atom. The van der Waals surface area contributed by atoms with E-state index >= 15 is 0 Å². The molecule has 2 fully saturated rings. The number of hydrogen-bond donors (Lipinski definition) is 2. The van der Waals surface area contributed by atoms with E-state index in [1.54, 1.807) is 6.33 Å². The van der Waals surface area contributed by atoms with Crippen molar-refractivity contribution in [3.63, 3.8) is 0 Å². The fourth-order valence-electron chi connectivity index (χ4n) is 2.44. The fraction of sp³-hybridized carbons (Fsp3) is 0.692. The predicted octanol–water partition coefficient (Wildman–Crippen LogP) is 0.570. The highest BCUT2D eigenvalue weighted by atomic mass is 32.2. The Morgan fingerprint density at radius 3 is 2.67 bits per heavy atom. The van der Waals surface area contributed by atoms with Gasteiger partial charge in [0.25, 0.3) is 0 Å². The van der Waals surface area contributed by atoms with Crippen LogP contribution in [0.15, 0.2) is 12.4 Å². The Kier molecular flexibility index (Phi) is 4.25. The number of anilines is 2. The molecule has 1 aliphatic carbocycles. The van der Waals surface area contributed by atoms with Crippen molar-refractivity contribution in [1.82, 2.24) is 14.7 Å². The third-order valence-corrected chi connectivity index (χ3v) is 5.74. The minimum atomic E-state index is -3.09. The van der Waals surface area contributed by atoms with Gasteiger partial charge in [-0.3, -0.25) is 0 Å². The molecule has 0 bridgehead atoms. The van der Waals surface area contributed by atoms with E-state index in [1.165, 1.54) is 12.8 Å². The molecular weight excluding hydrogens is 290 g/mol. The molecule has 3 rings (SSSR count). The second kappa shape index (κ2) is 6.15. The van der Waals surface area contributed by atoms with Crippen molar-refractivity contribution in [3.8, 4) is 0 Å². The molecule has 1 aromatic heterocycles.